The number of aryl methyl sites for hydroxylation is 1. The standard InChI is InChI=1S/C21H29N3O2S/c1-4-18-6-8-19(9-7-18)22-21-24(16(2)20(27-21)17(3)25)11-5-10-23-12-14-26-15-13-23/h6-9H,4-5,10-15H2,1-3H3. The number of carbonyl (C=O) groups excluding carboxylic acids is 1. The molecule has 1 aromatic heterocycles. The topological polar surface area (TPSA) is 46.8 Å². The van der Waals surface area contributed by atoms with Crippen LogP contribution in [0.1, 0.15) is 41.2 Å². The predicted molar refractivity (Wildman–Crippen MR) is 110 cm³/mol. The van der Waals surface area contributed by atoms with Gasteiger partial charge in [-0.3, -0.25) is 9.69 Å². The zero-order valence-electron chi connectivity index (χ0n) is 16.5. The number of ketones is 1. The molecule has 1 saturated heterocycles. The fraction of sp³-hybridized carbons (Fsp3) is 0.524. The normalized spacial score (nSPS) is 16.0. The van der Waals surface area contributed by atoms with Crippen molar-refractivity contribution in [2.75, 3.05) is 32.8 Å². The monoisotopic (exact) mass is 387 g/mol. The van der Waals surface area contributed by atoms with E-state index in [0.29, 0.717) is 0 Å². The molecule has 1 fully saturated rings. The molecule has 0 unspecified atom stereocenters. The predicted octanol–water partition coefficient (Wildman–Crippen LogP) is 3.58. The summed E-state index contributed by atoms with van der Waals surface area (Å²) in [5.41, 5.74) is 3.27. The molecule has 1 aromatic carbocycles. The Labute approximate surface area is 165 Å². The maximum atomic E-state index is 12.0. The first kappa shape index (κ1) is 20.0. The van der Waals surface area contributed by atoms with Crippen molar-refractivity contribution >= 4 is 22.8 Å². The summed E-state index contributed by atoms with van der Waals surface area (Å²) in [6.45, 7) is 11.4. The Balaban J connectivity index is 1.81. The van der Waals surface area contributed by atoms with Gasteiger partial charge in [-0.15, -0.1) is 0 Å². The summed E-state index contributed by atoms with van der Waals surface area (Å²) >= 11 is 1.50. The molecule has 27 heavy (non-hydrogen) atoms. The second kappa shape index (κ2) is 9.44. The third-order valence-corrected chi connectivity index (χ3v) is 6.29. The van der Waals surface area contributed by atoms with E-state index in [1.165, 1.54) is 16.9 Å². The summed E-state index contributed by atoms with van der Waals surface area (Å²) in [6, 6.07) is 8.35. The number of hydrogen-bond acceptors (Lipinski definition) is 5. The van der Waals surface area contributed by atoms with Gasteiger partial charge in [0, 0.05) is 38.8 Å². The van der Waals surface area contributed by atoms with E-state index in [-0.39, 0.29) is 5.78 Å². The van der Waals surface area contributed by atoms with Gasteiger partial charge in [0.15, 0.2) is 10.6 Å². The number of carbonyl (C=O) groups is 1. The number of aromatic nitrogens is 1. The minimum Gasteiger partial charge on any atom is -0.379 e. The van der Waals surface area contributed by atoms with Crippen molar-refractivity contribution in [3.8, 4) is 0 Å². The summed E-state index contributed by atoms with van der Waals surface area (Å²) in [4.78, 5) is 21.0. The van der Waals surface area contributed by atoms with Gasteiger partial charge in [-0.1, -0.05) is 30.4 Å². The Bertz CT molecular complexity index is 830. The van der Waals surface area contributed by atoms with Crippen LogP contribution in [0.3, 0.4) is 0 Å². The average molecular weight is 388 g/mol. The maximum Gasteiger partial charge on any atom is 0.190 e. The molecule has 0 radical (unpaired) electrons. The van der Waals surface area contributed by atoms with Crippen LogP contribution in [0.2, 0.25) is 0 Å². The SMILES string of the molecule is CCc1ccc(N=c2sc(C(C)=O)c(C)n2CCCN2CCOCC2)cc1. The number of benzene rings is 1. The van der Waals surface area contributed by atoms with Gasteiger partial charge in [0.05, 0.1) is 23.8 Å². The molecule has 3 rings (SSSR count). The van der Waals surface area contributed by atoms with E-state index in [4.69, 9.17) is 9.73 Å². The van der Waals surface area contributed by atoms with Gasteiger partial charge in [0.1, 0.15) is 0 Å². The van der Waals surface area contributed by atoms with Crippen molar-refractivity contribution in [2.24, 2.45) is 4.99 Å². The van der Waals surface area contributed by atoms with Crippen molar-refractivity contribution in [1.29, 1.82) is 0 Å². The highest BCUT2D eigenvalue weighted by Crippen LogP contribution is 2.17. The summed E-state index contributed by atoms with van der Waals surface area (Å²) in [6.07, 6.45) is 2.06. The minimum absolute atomic E-state index is 0.113. The number of nitrogens with zero attached hydrogens (tertiary/aromatic N) is 3. The molecule has 0 amide bonds. The molecule has 0 spiro atoms. The van der Waals surface area contributed by atoms with E-state index in [1.54, 1.807) is 6.92 Å². The maximum absolute atomic E-state index is 12.0. The first-order valence-electron chi connectivity index (χ1n) is 9.73. The molecule has 2 aromatic rings. The zero-order chi connectivity index (χ0) is 19.2. The number of morpholine rings is 1. The molecule has 0 aliphatic carbocycles. The number of Topliss-reactive ketones (excluding diaryl/α,β-unsaturated/α-hetero) is 1. The van der Waals surface area contributed by atoms with Crippen molar-refractivity contribution in [2.45, 2.75) is 40.2 Å². The van der Waals surface area contributed by atoms with Crippen LogP contribution in [0.4, 0.5) is 5.69 Å². The van der Waals surface area contributed by atoms with Gasteiger partial charge >= 0.3 is 0 Å². The van der Waals surface area contributed by atoms with E-state index >= 15 is 0 Å². The summed E-state index contributed by atoms with van der Waals surface area (Å²) < 4.78 is 7.62. The lowest BCUT2D eigenvalue weighted by Gasteiger charge is -2.26. The van der Waals surface area contributed by atoms with Gasteiger partial charge in [0.25, 0.3) is 0 Å². The molecule has 0 bridgehead atoms. The number of thiazole rings is 1. The van der Waals surface area contributed by atoms with Crippen LogP contribution in [-0.4, -0.2) is 48.1 Å². The minimum atomic E-state index is 0.113. The van der Waals surface area contributed by atoms with Gasteiger partial charge < -0.3 is 9.30 Å². The molecule has 0 atom stereocenters. The first-order chi connectivity index (χ1) is 13.1. The van der Waals surface area contributed by atoms with E-state index in [2.05, 4.69) is 40.7 Å². The smallest absolute Gasteiger partial charge is 0.190 e. The zero-order valence-corrected chi connectivity index (χ0v) is 17.3. The molecule has 0 N–H and O–H groups in total. The number of rotatable bonds is 7. The second-order valence-electron chi connectivity index (χ2n) is 6.95. The number of ether oxygens (including phenoxy) is 1. The van der Waals surface area contributed by atoms with Crippen LogP contribution in [-0.2, 0) is 17.7 Å². The lowest BCUT2D eigenvalue weighted by atomic mass is 10.2. The summed E-state index contributed by atoms with van der Waals surface area (Å²) in [7, 11) is 0. The molecular formula is C21H29N3O2S. The van der Waals surface area contributed by atoms with Crippen LogP contribution in [0.5, 0.6) is 0 Å². The molecule has 6 heteroatoms. The summed E-state index contributed by atoms with van der Waals surface area (Å²) in [5.74, 6) is 0.113. The fourth-order valence-corrected chi connectivity index (χ4v) is 4.43. The quantitative estimate of drug-likeness (QED) is 0.682. The third kappa shape index (κ3) is 5.15. The van der Waals surface area contributed by atoms with Crippen molar-refractivity contribution < 1.29 is 9.53 Å². The molecule has 2 heterocycles. The molecule has 0 saturated carbocycles. The Kier molecular flexibility index (Phi) is 6.99. The Morgan fingerprint density at radius 1 is 1.19 bits per heavy atom. The Morgan fingerprint density at radius 2 is 1.89 bits per heavy atom. The Hall–Kier alpha value is -1.76. The van der Waals surface area contributed by atoms with E-state index in [9.17, 15) is 4.79 Å². The lowest BCUT2D eigenvalue weighted by molar-refractivity contribution is 0.0369. The van der Waals surface area contributed by atoms with Gasteiger partial charge in [-0.05, 0) is 37.5 Å². The first-order valence-corrected chi connectivity index (χ1v) is 10.5. The lowest BCUT2D eigenvalue weighted by Crippen LogP contribution is -2.37. The van der Waals surface area contributed by atoms with Crippen LogP contribution in [0.15, 0.2) is 29.3 Å². The van der Waals surface area contributed by atoms with Gasteiger partial charge in [0.2, 0.25) is 0 Å². The van der Waals surface area contributed by atoms with E-state index in [1.807, 2.05) is 6.92 Å². The van der Waals surface area contributed by atoms with Crippen LogP contribution >= 0.6 is 11.3 Å². The fourth-order valence-electron chi connectivity index (χ4n) is 3.35. The molecule has 1 aliphatic heterocycles. The third-order valence-electron chi connectivity index (χ3n) is 5.01. The molecular weight excluding hydrogens is 358 g/mol. The summed E-state index contributed by atoms with van der Waals surface area (Å²) in [5, 5.41) is 0. The highest BCUT2D eigenvalue weighted by Gasteiger charge is 2.15. The van der Waals surface area contributed by atoms with E-state index < -0.39 is 0 Å². The highest BCUT2D eigenvalue weighted by atomic mass is 32.1. The molecule has 1 aliphatic rings. The van der Waals surface area contributed by atoms with Crippen LogP contribution < -0.4 is 4.80 Å². The van der Waals surface area contributed by atoms with Crippen molar-refractivity contribution in [3.63, 3.8) is 0 Å². The second-order valence-corrected chi connectivity index (χ2v) is 7.92. The van der Waals surface area contributed by atoms with Gasteiger partial charge in [-0.25, -0.2) is 4.99 Å². The molecule has 146 valence electrons. The average Bonchev–Trinajstić information content (AvgIpc) is 2.99. The van der Waals surface area contributed by atoms with Crippen LogP contribution in [0.25, 0.3) is 0 Å². The number of hydrogen-bond donors (Lipinski definition) is 0. The van der Waals surface area contributed by atoms with Crippen molar-refractivity contribution in [3.05, 3.63) is 45.2 Å². The van der Waals surface area contributed by atoms with Crippen molar-refractivity contribution in [1.82, 2.24) is 9.47 Å². The molecule has 5 nitrogen and oxygen atoms in total. The largest absolute Gasteiger partial charge is 0.379 e. The Morgan fingerprint density at radius 3 is 2.52 bits per heavy atom. The van der Waals surface area contributed by atoms with Gasteiger partial charge in [-0.2, -0.15) is 0 Å². The van der Waals surface area contributed by atoms with Crippen LogP contribution in [0, 0.1) is 6.92 Å². The highest BCUT2D eigenvalue weighted by molar-refractivity contribution is 7.11. The van der Waals surface area contributed by atoms with E-state index in [0.717, 1.165) is 73.3 Å².